The number of hydrogen-bond donors (Lipinski definition) is 2. The molecule has 1 aliphatic heterocycles. The SMILES string of the molecule is CC1CCC(C(=O)O)CN1C(=O)CNC(=O)c1c(Cl)cccc1[N+](=O)[O-]. The Morgan fingerprint density at radius 2 is 2.08 bits per heavy atom. The first kappa shape index (κ1) is 19.6. The van der Waals surface area contributed by atoms with E-state index in [0.717, 1.165) is 6.07 Å². The summed E-state index contributed by atoms with van der Waals surface area (Å²) in [6.07, 6.45) is 1.03. The van der Waals surface area contributed by atoms with Gasteiger partial charge in [0.15, 0.2) is 0 Å². The molecule has 0 spiro atoms. The van der Waals surface area contributed by atoms with E-state index in [-0.39, 0.29) is 23.2 Å². The number of carbonyl (C=O) groups is 3. The Kier molecular flexibility index (Phi) is 6.14. The summed E-state index contributed by atoms with van der Waals surface area (Å²) in [6.45, 7) is 1.46. The molecule has 1 fully saturated rings. The van der Waals surface area contributed by atoms with Gasteiger partial charge in [-0.15, -0.1) is 0 Å². The van der Waals surface area contributed by atoms with Crippen molar-refractivity contribution in [3.63, 3.8) is 0 Å². The van der Waals surface area contributed by atoms with Gasteiger partial charge in [-0.3, -0.25) is 24.5 Å². The molecule has 0 saturated carbocycles. The fourth-order valence-corrected chi connectivity index (χ4v) is 3.15. The van der Waals surface area contributed by atoms with Crippen molar-refractivity contribution in [3.05, 3.63) is 38.9 Å². The topological polar surface area (TPSA) is 130 Å². The summed E-state index contributed by atoms with van der Waals surface area (Å²) in [5.41, 5.74) is -0.776. The van der Waals surface area contributed by atoms with Crippen molar-refractivity contribution in [1.82, 2.24) is 10.2 Å². The zero-order chi connectivity index (χ0) is 19.4. The average Bonchev–Trinajstić information content (AvgIpc) is 2.59. The maximum atomic E-state index is 12.4. The summed E-state index contributed by atoms with van der Waals surface area (Å²) in [5, 5.41) is 22.4. The molecule has 0 aromatic heterocycles. The lowest BCUT2D eigenvalue weighted by atomic mass is 9.93. The van der Waals surface area contributed by atoms with Crippen LogP contribution in [0.3, 0.4) is 0 Å². The minimum atomic E-state index is -0.967. The number of carbonyl (C=O) groups excluding carboxylic acids is 2. The summed E-state index contributed by atoms with van der Waals surface area (Å²) < 4.78 is 0. The molecule has 1 aromatic carbocycles. The number of benzene rings is 1. The molecule has 0 bridgehead atoms. The standard InChI is InChI=1S/C16H18ClN3O6/c1-9-5-6-10(16(23)24)8-19(9)13(21)7-18-15(22)14-11(17)3-2-4-12(14)20(25)26/h2-4,9-10H,5-8H2,1H3,(H,18,22)(H,23,24). The van der Waals surface area contributed by atoms with Gasteiger partial charge in [-0.2, -0.15) is 0 Å². The highest BCUT2D eigenvalue weighted by Gasteiger charge is 2.33. The molecule has 26 heavy (non-hydrogen) atoms. The third-order valence-electron chi connectivity index (χ3n) is 4.37. The number of likely N-dealkylation sites (tertiary alicyclic amines) is 1. The minimum Gasteiger partial charge on any atom is -0.481 e. The van der Waals surface area contributed by atoms with Crippen LogP contribution in [0.5, 0.6) is 0 Å². The number of halogens is 1. The molecule has 2 unspecified atom stereocenters. The van der Waals surface area contributed by atoms with Crippen LogP contribution in [0.1, 0.15) is 30.1 Å². The van der Waals surface area contributed by atoms with Gasteiger partial charge >= 0.3 is 5.97 Å². The van der Waals surface area contributed by atoms with Gasteiger partial charge in [0.2, 0.25) is 5.91 Å². The largest absolute Gasteiger partial charge is 0.481 e. The van der Waals surface area contributed by atoms with E-state index < -0.39 is 40.9 Å². The molecule has 2 atom stereocenters. The summed E-state index contributed by atoms with van der Waals surface area (Å²) in [7, 11) is 0. The Morgan fingerprint density at radius 3 is 2.69 bits per heavy atom. The third kappa shape index (κ3) is 4.29. The molecular weight excluding hydrogens is 366 g/mol. The van der Waals surface area contributed by atoms with E-state index >= 15 is 0 Å². The predicted molar refractivity (Wildman–Crippen MR) is 92.0 cm³/mol. The fourth-order valence-electron chi connectivity index (χ4n) is 2.89. The van der Waals surface area contributed by atoms with Crippen LogP contribution in [0, 0.1) is 16.0 Å². The van der Waals surface area contributed by atoms with Crippen molar-refractivity contribution < 1.29 is 24.4 Å². The first-order valence-electron chi connectivity index (χ1n) is 7.95. The van der Waals surface area contributed by atoms with Gasteiger partial charge in [-0.25, -0.2) is 0 Å². The maximum Gasteiger partial charge on any atom is 0.308 e. The van der Waals surface area contributed by atoms with Crippen LogP contribution in [0.25, 0.3) is 0 Å². The lowest BCUT2D eigenvalue weighted by Gasteiger charge is -2.36. The average molecular weight is 384 g/mol. The highest BCUT2D eigenvalue weighted by atomic mass is 35.5. The van der Waals surface area contributed by atoms with Crippen molar-refractivity contribution in [1.29, 1.82) is 0 Å². The Hall–Kier alpha value is -2.68. The van der Waals surface area contributed by atoms with Crippen molar-refractivity contribution >= 4 is 35.1 Å². The number of nitrogens with one attached hydrogen (secondary N) is 1. The van der Waals surface area contributed by atoms with Gasteiger partial charge in [0, 0.05) is 18.7 Å². The number of rotatable bonds is 5. The third-order valence-corrected chi connectivity index (χ3v) is 4.68. The number of hydrogen-bond acceptors (Lipinski definition) is 5. The second kappa shape index (κ2) is 8.13. The van der Waals surface area contributed by atoms with E-state index in [2.05, 4.69) is 5.32 Å². The molecule has 2 rings (SSSR count). The van der Waals surface area contributed by atoms with Gasteiger partial charge in [0.1, 0.15) is 5.56 Å². The molecule has 1 aromatic rings. The zero-order valence-corrected chi connectivity index (χ0v) is 14.7. The van der Waals surface area contributed by atoms with Crippen molar-refractivity contribution in [3.8, 4) is 0 Å². The number of nitro groups is 1. The molecule has 1 heterocycles. The van der Waals surface area contributed by atoms with E-state index in [1.54, 1.807) is 6.92 Å². The second-order valence-corrected chi connectivity index (χ2v) is 6.49. The Morgan fingerprint density at radius 1 is 1.38 bits per heavy atom. The van der Waals surface area contributed by atoms with Crippen LogP contribution < -0.4 is 5.32 Å². The maximum absolute atomic E-state index is 12.4. The molecule has 0 radical (unpaired) electrons. The number of aliphatic carboxylic acids is 1. The number of piperidine rings is 1. The van der Waals surface area contributed by atoms with Crippen molar-refractivity contribution in [2.24, 2.45) is 5.92 Å². The summed E-state index contributed by atoms with van der Waals surface area (Å²) in [5.74, 6) is -2.90. The first-order valence-corrected chi connectivity index (χ1v) is 8.33. The molecule has 9 nitrogen and oxygen atoms in total. The Balaban J connectivity index is 2.06. The Bertz CT molecular complexity index is 754. The van der Waals surface area contributed by atoms with Crippen LogP contribution in [-0.2, 0) is 9.59 Å². The zero-order valence-electron chi connectivity index (χ0n) is 14.0. The first-order chi connectivity index (χ1) is 12.2. The van der Waals surface area contributed by atoms with E-state index in [9.17, 15) is 24.5 Å². The number of carboxylic acid groups (broad SMARTS) is 1. The van der Waals surface area contributed by atoms with Gasteiger partial charge in [0.25, 0.3) is 11.6 Å². The van der Waals surface area contributed by atoms with E-state index in [1.807, 2.05) is 0 Å². The van der Waals surface area contributed by atoms with Crippen LogP contribution in [0.15, 0.2) is 18.2 Å². The molecule has 0 aliphatic carbocycles. The van der Waals surface area contributed by atoms with E-state index in [4.69, 9.17) is 16.7 Å². The van der Waals surface area contributed by atoms with Crippen LogP contribution >= 0.6 is 11.6 Å². The smallest absolute Gasteiger partial charge is 0.308 e. The molecule has 2 amide bonds. The van der Waals surface area contributed by atoms with E-state index in [1.165, 1.54) is 17.0 Å². The lowest BCUT2D eigenvalue weighted by Crippen LogP contribution is -2.50. The van der Waals surface area contributed by atoms with Crippen LogP contribution in [0.4, 0.5) is 5.69 Å². The molecule has 140 valence electrons. The van der Waals surface area contributed by atoms with E-state index in [0.29, 0.717) is 12.8 Å². The molecular formula is C16H18ClN3O6. The second-order valence-electron chi connectivity index (χ2n) is 6.08. The predicted octanol–water partition coefficient (Wildman–Crippen LogP) is 1.69. The van der Waals surface area contributed by atoms with Crippen LogP contribution in [0.2, 0.25) is 5.02 Å². The molecule has 1 aliphatic rings. The Labute approximate surface area is 154 Å². The highest BCUT2D eigenvalue weighted by Crippen LogP contribution is 2.26. The van der Waals surface area contributed by atoms with Gasteiger partial charge in [-0.1, -0.05) is 17.7 Å². The van der Waals surface area contributed by atoms with Gasteiger partial charge in [0.05, 0.1) is 22.4 Å². The summed E-state index contributed by atoms with van der Waals surface area (Å²) in [6, 6.07) is 3.69. The van der Waals surface area contributed by atoms with Gasteiger partial charge in [-0.05, 0) is 25.8 Å². The van der Waals surface area contributed by atoms with Crippen molar-refractivity contribution in [2.75, 3.05) is 13.1 Å². The van der Waals surface area contributed by atoms with Gasteiger partial charge < -0.3 is 15.3 Å². The highest BCUT2D eigenvalue weighted by molar-refractivity contribution is 6.34. The summed E-state index contributed by atoms with van der Waals surface area (Å²) in [4.78, 5) is 47.5. The lowest BCUT2D eigenvalue weighted by molar-refractivity contribution is -0.385. The minimum absolute atomic E-state index is 0.0669. The molecule has 10 heteroatoms. The monoisotopic (exact) mass is 383 g/mol. The number of carboxylic acids is 1. The van der Waals surface area contributed by atoms with Crippen LogP contribution in [-0.4, -0.2) is 51.8 Å². The fraction of sp³-hybridized carbons (Fsp3) is 0.438. The quantitative estimate of drug-likeness (QED) is 0.587. The number of nitrogens with zero attached hydrogens (tertiary/aromatic N) is 2. The molecule has 2 N–H and O–H groups in total. The molecule has 1 saturated heterocycles. The number of amides is 2. The normalized spacial score (nSPS) is 19.7. The van der Waals surface area contributed by atoms with Crippen molar-refractivity contribution in [2.45, 2.75) is 25.8 Å². The number of nitro benzene ring substituents is 1. The summed E-state index contributed by atoms with van der Waals surface area (Å²) >= 11 is 5.88.